The van der Waals surface area contributed by atoms with Gasteiger partial charge in [-0.05, 0) is 38.0 Å². The number of rotatable bonds is 7. The van der Waals surface area contributed by atoms with E-state index in [1.807, 2.05) is 0 Å². The molecule has 2 aliphatic rings. The van der Waals surface area contributed by atoms with Crippen LogP contribution in [0.15, 0.2) is 29.3 Å². The number of thioether (sulfide) groups is 1. The molecule has 2 saturated heterocycles. The lowest BCUT2D eigenvalue weighted by Crippen LogP contribution is -2.42. The number of halogens is 1. The lowest BCUT2D eigenvalue weighted by molar-refractivity contribution is 0.0179. The molecule has 0 saturated carbocycles. The number of morpholine rings is 1. The fourth-order valence-corrected chi connectivity index (χ4v) is 4.93. The summed E-state index contributed by atoms with van der Waals surface area (Å²) in [4.78, 5) is 7.47. The second-order valence-electron chi connectivity index (χ2n) is 7.31. The predicted molar refractivity (Wildman–Crippen MR) is 131 cm³/mol. The summed E-state index contributed by atoms with van der Waals surface area (Å²) in [5.41, 5.74) is 2.65. The van der Waals surface area contributed by atoms with Crippen LogP contribution in [0.5, 0.6) is 0 Å². The first kappa shape index (κ1) is 23.8. The van der Waals surface area contributed by atoms with Crippen LogP contribution in [0.2, 0.25) is 0 Å². The minimum Gasteiger partial charge on any atom is -0.379 e. The Hall–Kier alpha value is -0.510. The molecule has 7 heteroatoms. The highest BCUT2D eigenvalue weighted by Gasteiger charge is 2.23. The molecular weight excluding hydrogens is 483 g/mol. The molecule has 5 nitrogen and oxygen atoms in total. The molecule has 0 amide bonds. The van der Waals surface area contributed by atoms with Gasteiger partial charge in [0.05, 0.1) is 25.8 Å². The van der Waals surface area contributed by atoms with E-state index >= 15 is 0 Å². The van der Waals surface area contributed by atoms with Crippen LogP contribution in [0.4, 0.5) is 0 Å². The highest BCUT2D eigenvalue weighted by Crippen LogP contribution is 2.25. The molecule has 2 N–H and O–H groups in total. The molecule has 2 heterocycles. The van der Waals surface area contributed by atoms with Crippen LogP contribution < -0.4 is 10.6 Å². The van der Waals surface area contributed by atoms with Crippen LogP contribution in [0.3, 0.4) is 0 Å². The van der Waals surface area contributed by atoms with Crippen LogP contribution in [0.25, 0.3) is 0 Å². The molecule has 0 aliphatic carbocycles. The summed E-state index contributed by atoms with van der Waals surface area (Å²) in [5.74, 6) is 2.24. The van der Waals surface area contributed by atoms with Gasteiger partial charge in [-0.25, -0.2) is 0 Å². The average Bonchev–Trinajstić information content (AvgIpc) is 3.21. The maximum Gasteiger partial charge on any atom is 0.191 e. The number of ether oxygens (including phenoxy) is 1. The zero-order valence-electron chi connectivity index (χ0n) is 17.2. The first-order valence-electron chi connectivity index (χ1n) is 10.3. The van der Waals surface area contributed by atoms with Crippen molar-refractivity contribution in [3.63, 3.8) is 0 Å². The Labute approximate surface area is 191 Å². The van der Waals surface area contributed by atoms with Crippen molar-refractivity contribution in [1.29, 1.82) is 0 Å². The Morgan fingerprint density at radius 1 is 1.32 bits per heavy atom. The van der Waals surface area contributed by atoms with Crippen LogP contribution in [-0.4, -0.2) is 67.8 Å². The van der Waals surface area contributed by atoms with E-state index in [1.54, 1.807) is 0 Å². The molecule has 28 heavy (non-hydrogen) atoms. The van der Waals surface area contributed by atoms with Crippen molar-refractivity contribution in [2.24, 2.45) is 4.99 Å². The van der Waals surface area contributed by atoms with E-state index in [9.17, 15) is 0 Å². The number of nitrogens with zero attached hydrogens (tertiary/aromatic N) is 2. The van der Waals surface area contributed by atoms with Crippen molar-refractivity contribution in [2.45, 2.75) is 38.0 Å². The molecule has 2 fully saturated rings. The van der Waals surface area contributed by atoms with Crippen molar-refractivity contribution >= 4 is 41.7 Å². The normalized spacial score (nSPS) is 21.8. The third kappa shape index (κ3) is 7.39. The summed E-state index contributed by atoms with van der Waals surface area (Å²) in [6.45, 7) is 10.5. The highest BCUT2D eigenvalue weighted by atomic mass is 127. The van der Waals surface area contributed by atoms with E-state index in [1.165, 1.54) is 29.7 Å². The number of benzene rings is 1. The van der Waals surface area contributed by atoms with Crippen LogP contribution in [0, 0.1) is 6.92 Å². The van der Waals surface area contributed by atoms with E-state index in [2.05, 4.69) is 65.4 Å². The maximum absolute atomic E-state index is 5.56. The van der Waals surface area contributed by atoms with E-state index < -0.39 is 0 Å². The molecule has 0 radical (unpaired) electrons. The van der Waals surface area contributed by atoms with Crippen molar-refractivity contribution in [3.05, 3.63) is 35.4 Å². The van der Waals surface area contributed by atoms with E-state index in [0.717, 1.165) is 57.1 Å². The van der Waals surface area contributed by atoms with Gasteiger partial charge < -0.3 is 15.4 Å². The number of hydrogen-bond donors (Lipinski definition) is 2. The number of hydrogen-bond acceptors (Lipinski definition) is 4. The summed E-state index contributed by atoms with van der Waals surface area (Å²) >= 11 is 2.08. The molecule has 0 spiro atoms. The number of aliphatic imine (C=N–C) groups is 1. The van der Waals surface area contributed by atoms with Gasteiger partial charge >= 0.3 is 0 Å². The highest BCUT2D eigenvalue weighted by molar-refractivity contribution is 14.0. The second kappa shape index (κ2) is 12.9. The third-order valence-electron chi connectivity index (χ3n) is 5.20. The second-order valence-corrected chi connectivity index (χ2v) is 8.72. The van der Waals surface area contributed by atoms with Gasteiger partial charge in [-0.1, -0.05) is 29.8 Å². The fourth-order valence-electron chi connectivity index (χ4n) is 3.73. The van der Waals surface area contributed by atoms with Crippen LogP contribution in [0.1, 0.15) is 36.9 Å². The average molecular weight is 519 g/mol. The molecule has 158 valence electrons. The Bertz CT molecular complexity index is 604. The summed E-state index contributed by atoms with van der Waals surface area (Å²) in [5, 5.41) is 7.70. The molecule has 1 aromatic rings. The zero-order chi connectivity index (χ0) is 18.9. The third-order valence-corrected chi connectivity index (χ3v) is 6.60. The lowest BCUT2D eigenvalue weighted by atomic mass is 10.0. The lowest BCUT2D eigenvalue weighted by Gasteiger charge is -2.34. The maximum atomic E-state index is 5.56. The van der Waals surface area contributed by atoms with Gasteiger partial charge in [0.25, 0.3) is 0 Å². The zero-order valence-corrected chi connectivity index (χ0v) is 20.3. The molecular formula is C21H35IN4OS. The minimum atomic E-state index is 0. The van der Waals surface area contributed by atoms with E-state index in [4.69, 9.17) is 9.73 Å². The van der Waals surface area contributed by atoms with Gasteiger partial charge in [-0.2, -0.15) is 11.8 Å². The quantitative estimate of drug-likeness (QED) is 0.329. The van der Waals surface area contributed by atoms with Crippen molar-refractivity contribution in [1.82, 2.24) is 15.5 Å². The van der Waals surface area contributed by atoms with E-state index in [0.29, 0.717) is 6.04 Å². The first-order valence-corrected chi connectivity index (χ1v) is 11.3. The monoisotopic (exact) mass is 518 g/mol. The summed E-state index contributed by atoms with van der Waals surface area (Å²) in [7, 11) is 0. The van der Waals surface area contributed by atoms with E-state index in [-0.39, 0.29) is 24.0 Å². The number of guanidine groups is 1. The smallest absolute Gasteiger partial charge is 0.191 e. The first-order chi connectivity index (χ1) is 13.3. The molecule has 0 aromatic heterocycles. The van der Waals surface area contributed by atoms with Gasteiger partial charge in [0.1, 0.15) is 0 Å². The van der Waals surface area contributed by atoms with Gasteiger partial charge in [-0.15, -0.1) is 24.0 Å². The van der Waals surface area contributed by atoms with Crippen molar-refractivity contribution < 1.29 is 4.74 Å². The standard InChI is InChI=1S/C21H34N4OS.HI/c1-3-22-21(23-15-19-8-5-13-27-19)24-16-20(25-9-11-26-12-10-25)18-7-4-6-17(2)14-18;/h4,6-7,14,19-20H,3,5,8-13,15-16H2,1-2H3,(H2,22,23,24);1H. The Morgan fingerprint density at radius 2 is 2.14 bits per heavy atom. The molecule has 3 rings (SSSR count). The fraction of sp³-hybridized carbons (Fsp3) is 0.667. The largest absolute Gasteiger partial charge is 0.379 e. The van der Waals surface area contributed by atoms with Crippen LogP contribution in [-0.2, 0) is 4.74 Å². The molecule has 2 unspecified atom stereocenters. The van der Waals surface area contributed by atoms with Gasteiger partial charge in [0.15, 0.2) is 5.96 Å². The molecule has 2 aliphatic heterocycles. The Kier molecular flexibility index (Phi) is 11.0. The molecule has 0 bridgehead atoms. The minimum absolute atomic E-state index is 0. The van der Waals surface area contributed by atoms with Gasteiger partial charge in [0.2, 0.25) is 0 Å². The summed E-state index contributed by atoms with van der Waals surface area (Å²) < 4.78 is 5.56. The molecule has 1 aromatic carbocycles. The molecule has 2 atom stereocenters. The SMILES string of the molecule is CCNC(=NCC(c1cccc(C)c1)N1CCOCC1)NCC1CCCS1.I. The van der Waals surface area contributed by atoms with Crippen molar-refractivity contribution in [2.75, 3.05) is 51.7 Å². The van der Waals surface area contributed by atoms with Crippen molar-refractivity contribution in [3.8, 4) is 0 Å². The van der Waals surface area contributed by atoms with Crippen LogP contribution >= 0.6 is 35.7 Å². The van der Waals surface area contributed by atoms with Gasteiger partial charge in [0, 0.05) is 31.4 Å². The number of nitrogens with one attached hydrogen (secondary N) is 2. The topological polar surface area (TPSA) is 48.9 Å². The Morgan fingerprint density at radius 3 is 2.82 bits per heavy atom. The summed E-state index contributed by atoms with van der Waals surface area (Å²) in [6, 6.07) is 9.14. The van der Waals surface area contributed by atoms with Gasteiger partial charge in [-0.3, -0.25) is 9.89 Å². The predicted octanol–water partition coefficient (Wildman–Crippen LogP) is 3.44. The number of aryl methyl sites for hydroxylation is 1. The summed E-state index contributed by atoms with van der Waals surface area (Å²) in [6.07, 6.45) is 2.66. The Balaban J connectivity index is 0.00000280.